The van der Waals surface area contributed by atoms with Crippen molar-refractivity contribution in [1.29, 1.82) is 0 Å². The first kappa shape index (κ1) is 13.3. The maximum Gasteiger partial charge on any atom is 0.123 e. The Kier molecular flexibility index (Phi) is 3.30. The maximum absolute atomic E-state index is 5.90. The van der Waals surface area contributed by atoms with Crippen LogP contribution in [0.5, 0.6) is 5.75 Å². The van der Waals surface area contributed by atoms with Crippen LogP contribution in [0.2, 0.25) is 0 Å². The number of rotatable bonds is 4. The van der Waals surface area contributed by atoms with E-state index in [-0.39, 0.29) is 11.6 Å². The molecule has 106 valence electrons. The minimum Gasteiger partial charge on any atom is -0.487 e. The Labute approximate surface area is 119 Å². The Morgan fingerprint density at radius 1 is 1.30 bits per heavy atom. The summed E-state index contributed by atoms with van der Waals surface area (Å²) in [5.41, 5.74) is 2.51. The fourth-order valence-electron chi connectivity index (χ4n) is 2.68. The average Bonchev–Trinajstić information content (AvgIpc) is 3.00. The van der Waals surface area contributed by atoms with Crippen molar-refractivity contribution in [1.82, 2.24) is 5.32 Å². The minimum absolute atomic E-state index is 0.0736. The van der Waals surface area contributed by atoms with Crippen molar-refractivity contribution in [3.63, 3.8) is 0 Å². The van der Waals surface area contributed by atoms with Crippen LogP contribution in [0.1, 0.15) is 43.7 Å². The van der Waals surface area contributed by atoms with E-state index in [9.17, 15) is 0 Å². The van der Waals surface area contributed by atoms with Gasteiger partial charge in [0.1, 0.15) is 17.1 Å². The van der Waals surface area contributed by atoms with Gasteiger partial charge in [-0.25, -0.2) is 0 Å². The highest BCUT2D eigenvalue weighted by Crippen LogP contribution is 2.35. The first-order chi connectivity index (χ1) is 9.53. The first-order valence-corrected chi connectivity index (χ1v) is 7.11. The molecule has 1 aromatic carbocycles. The molecule has 1 N–H and O–H groups in total. The Hall–Kier alpha value is -1.74. The predicted molar refractivity (Wildman–Crippen MR) is 78.8 cm³/mol. The summed E-state index contributed by atoms with van der Waals surface area (Å²) < 4.78 is 11.3. The molecule has 3 heteroatoms. The van der Waals surface area contributed by atoms with Crippen LogP contribution in [-0.4, -0.2) is 5.60 Å². The lowest BCUT2D eigenvalue weighted by Gasteiger charge is -2.16. The number of fused-ring (bicyclic) bond motifs is 1. The summed E-state index contributed by atoms with van der Waals surface area (Å²) in [5, 5.41) is 3.48. The van der Waals surface area contributed by atoms with Gasteiger partial charge >= 0.3 is 0 Å². The topological polar surface area (TPSA) is 34.4 Å². The zero-order chi connectivity index (χ0) is 14.2. The van der Waals surface area contributed by atoms with Gasteiger partial charge in [-0.2, -0.15) is 0 Å². The quantitative estimate of drug-likeness (QED) is 0.917. The van der Waals surface area contributed by atoms with E-state index in [4.69, 9.17) is 9.15 Å². The lowest BCUT2D eigenvalue weighted by molar-refractivity contribution is 0.138. The van der Waals surface area contributed by atoms with E-state index < -0.39 is 0 Å². The molecule has 1 unspecified atom stereocenters. The third-order valence-corrected chi connectivity index (χ3v) is 3.71. The van der Waals surface area contributed by atoms with E-state index in [0.29, 0.717) is 0 Å². The van der Waals surface area contributed by atoms with Gasteiger partial charge in [0.2, 0.25) is 0 Å². The lowest BCUT2D eigenvalue weighted by Crippen LogP contribution is -2.24. The molecule has 0 saturated carbocycles. The van der Waals surface area contributed by atoms with Crippen molar-refractivity contribution in [2.75, 3.05) is 0 Å². The molecule has 1 aliphatic rings. The Balaban J connectivity index is 1.65. The Bertz CT molecular complexity index is 587. The number of ether oxygens (including phenoxy) is 1. The summed E-state index contributed by atoms with van der Waals surface area (Å²) in [6.07, 6.45) is 2.69. The predicted octanol–water partition coefficient (Wildman–Crippen LogP) is 3.84. The molecule has 20 heavy (non-hydrogen) atoms. The molecular formula is C17H21NO2. The van der Waals surface area contributed by atoms with Gasteiger partial charge in [0.15, 0.2) is 0 Å². The molecule has 0 bridgehead atoms. The largest absolute Gasteiger partial charge is 0.487 e. The molecule has 0 spiro atoms. The van der Waals surface area contributed by atoms with Gasteiger partial charge < -0.3 is 14.5 Å². The summed E-state index contributed by atoms with van der Waals surface area (Å²) in [7, 11) is 0. The molecule has 3 rings (SSSR count). The maximum atomic E-state index is 5.90. The number of hydrogen-bond acceptors (Lipinski definition) is 3. The van der Waals surface area contributed by atoms with Crippen molar-refractivity contribution >= 4 is 0 Å². The molecule has 0 aliphatic carbocycles. The van der Waals surface area contributed by atoms with E-state index in [1.165, 1.54) is 11.1 Å². The van der Waals surface area contributed by atoms with Crippen LogP contribution < -0.4 is 10.1 Å². The number of hydrogen-bond donors (Lipinski definition) is 1. The van der Waals surface area contributed by atoms with E-state index in [1.54, 1.807) is 6.26 Å². The third-order valence-electron chi connectivity index (χ3n) is 3.71. The van der Waals surface area contributed by atoms with Crippen LogP contribution >= 0.6 is 0 Å². The molecule has 1 aromatic heterocycles. The van der Waals surface area contributed by atoms with Gasteiger partial charge in [0.05, 0.1) is 12.3 Å². The highest BCUT2D eigenvalue weighted by atomic mass is 16.5. The summed E-state index contributed by atoms with van der Waals surface area (Å²) in [6, 6.07) is 10.6. The van der Waals surface area contributed by atoms with Gasteiger partial charge in [-0.3, -0.25) is 0 Å². The van der Waals surface area contributed by atoms with E-state index >= 15 is 0 Å². The molecule has 3 nitrogen and oxygen atoms in total. The van der Waals surface area contributed by atoms with Gasteiger partial charge in [-0.1, -0.05) is 12.1 Å². The SMILES string of the molecule is CC(NCc1ccc2c(c1)CC(C)(C)O2)c1ccco1. The van der Waals surface area contributed by atoms with Crippen molar-refractivity contribution in [2.24, 2.45) is 0 Å². The van der Waals surface area contributed by atoms with Gasteiger partial charge in [0.25, 0.3) is 0 Å². The van der Waals surface area contributed by atoms with Crippen LogP contribution in [-0.2, 0) is 13.0 Å². The van der Waals surface area contributed by atoms with Gasteiger partial charge in [-0.15, -0.1) is 0 Å². The number of nitrogens with one attached hydrogen (secondary N) is 1. The van der Waals surface area contributed by atoms with Crippen LogP contribution in [0.4, 0.5) is 0 Å². The second-order valence-corrected chi connectivity index (χ2v) is 6.10. The number of furan rings is 1. The van der Waals surface area contributed by atoms with Crippen LogP contribution in [0.3, 0.4) is 0 Å². The third kappa shape index (κ3) is 2.73. The normalized spacial score (nSPS) is 17.6. The summed E-state index contributed by atoms with van der Waals surface area (Å²) >= 11 is 0. The molecule has 0 radical (unpaired) electrons. The van der Waals surface area contributed by atoms with Gasteiger partial charge in [-0.05, 0) is 50.1 Å². The molecule has 0 fully saturated rings. The minimum atomic E-state index is -0.0736. The fraction of sp³-hybridized carbons (Fsp3) is 0.412. The first-order valence-electron chi connectivity index (χ1n) is 7.11. The molecule has 0 amide bonds. The van der Waals surface area contributed by atoms with Crippen LogP contribution in [0.15, 0.2) is 41.0 Å². The highest BCUT2D eigenvalue weighted by Gasteiger charge is 2.29. The molecule has 1 aliphatic heterocycles. The average molecular weight is 271 g/mol. The fourth-order valence-corrected chi connectivity index (χ4v) is 2.68. The van der Waals surface area contributed by atoms with Crippen LogP contribution in [0.25, 0.3) is 0 Å². The second-order valence-electron chi connectivity index (χ2n) is 6.10. The number of benzene rings is 1. The Morgan fingerprint density at radius 3 is 2.90 bits per heavy atom. The molecule has 1 atom stereocenters. The summed E-state index contributed by atoms with van der Waals surface area (Å²) in [4.78, 5) is 0. The molecular weight excluding hydrogens is 250 g/mol. The second kappa shape index (κ2) is 4.98. The van der Waals surface area contributed by atoms with E-state index in [1.807, 2.05) is 12.1 Å². The molecule has 0 saturated heterocycles. The van der Waals surface area contributed by atoms with E-state index in [2.05, 4.69) is 44.3 Å². The van der Waals surface area contributed by atoms with Crippen LogP contribution in [0, 0.1) is 0 Å². The van der Waals surface area contributed by atoms with E-state index in [0.717, 1.165) is 24.5 Å². The summed E-state index contributed by atoms with van der Waals surface area (Å²) in [6.45, 7) is 7.20. The monoisotopic (exact) mass is 271 g/mol. The summed E-state index contributed by atoms with van der Waals surface area (Å²) in [5.74, 6) is 1.99. The van der Waals surface area contributed by atoms with Crippen molar-refractivity contribution < 1.29 is 9.15 Å². The van der Waals surface area contributed by atoms with Crippen molar-refractivity contribution in [3.8, 4) is 5.75 Å². The highest BCUT2D eigenvalue weighted by molar-refractivity contribution is 5.41. The Morgan fingerprint density at radius 2 is 2.15 bits per heavy atom. The standard InChI is InChI=1S/C17H21NO2/c1-12(15-5-4-8-19-15)18-11-13-6-7-16-14(9-13)10-17(2,3)20-16/h4-9,12,18H,10-11H2,1-3H3. The van der Waals surface area contributed by atoms with Crippen molar-refractivity contribution in [2.45, 2.75) is 45.4 Å². The van der Waals surface area contributed by atoms with Crippen molar-refractivity contribution in [3.05, 3.63) is 53.5 Å². The lowest BCUT2D eigenvalue weighted by atomic mass is 10.00. The zero-order valence-corrected chi connectivity index (χ0v) is 12.3. The zero-order valence-electron chi connectivity index (χ0n) is 12.3. The molecule has 2 heterocycles. The van der Waals surface area contributed by atoms with Gasteiger partial charge in [0, 0.05) is 13.0 Å². The molecule has 2 aromatic rings. The smallest absolute Gasteiger partial charge is 0.123 e.